The zero-order valence-corrected chi connectivity index (χ0v) is 6.19. The first-order valence-electron chi connectivity index (χ1n) is 2.00. The molecule has 0 atom stereocenters. The summed E-state index contributed by atoms with van der Waals surface area (Å²) in [4.78, 5) is 0. The first-order valence-corrected chi connectivity index (χ1v) is 2.67. The van der Waals surface area contributed by atoms with Gasteiger partial charge in [0.05, 0.1) is 0 Å². The van der Waals surface area contributed by atoms with Gasteiger partial charge in [-0.3, -0.25) is 10.8 Å². The Labute approximate surface area is 66.9 Å². The largest absolute Gasteiger partial charge is 0.367 e. The predicted octanol–water partition coefficient (Wildman–Crippen LogP) is 0.876. The van der Waals surface area contributed by atoms with Gasteiger partial charge in [0.2, 0.25) is 5.96 Å². The summed E-state index contributed by atoms with van der Waals surface area (Å²) in [6.45, 7) is 0. The van der Waals surface area contributed by atoms with E-state index in [-0.39, 0.29) is 0 Å². The summed E-state index contributed by atoms with van der Waals surface area (Å²) < 4.78 is 0.395. The maximum Gasteiger partial charge on any atom is 0.268 e. The van der Waals surface area contributed by atoms with Gasteiger partial charge in [-0.05, 0) is 0 Å². The van der Waals surface area contributed by atoms with Crippen molar-refractivity contribution < 1.29 is 0 Å². The van der Waals surface area contributed by atoms with Crippen molar-refractivity contribution in [2.45, 2.75) is 0 Å². The molecule has 0 aliphatic rings. The molecule has 0 unspecified atom stereocenters. The Morgan fingerprint density at radius 1 is 1.30 bits per heavy atom. The van der Waals surface area contributed by atoms with Crippen LogP contribution in [0.3, 0.4) is 0 Å². The molecule has 0 radical (unpaired) electrons. The second-order valence-corrected chi connectivity index (χ2v) is 1.99. The number of halogens is 2. The normalized spacial score (nSPS) is 9.80. The van der Waals surface area contributed by atoms with Crippen molar-refractivity contribution in [2.75, 3.05) is 0 Å². The van der Waals surface area contributed by atoms with Crippen LogP contribution < -0.4 is 5.73 Å². The molecule has 0 aliphatic heterocycles. The fourth-order valence-corrected chi connectivity index (χ4v) is 0.203. The van der Waals surface area contributed by atoms with Crippen LogP contribution in [0.2, 0.25) is 0 Å². The zero-order valence-electron chi connectivity index (χ0n) is 4.67. The highest BCUT2D eigenvalue weighted by Gasteiger charge is 1.99. The third-order valence-electron chi connectivity index (χ3n) is 0.413. The Hall–Kier alpha value is -0.880. The molecular weight excluding hydrogens is 179 g/mol. The Kier molecular flexibility index (Phi) is 3.67. The van der Waals surface area contributed by atoms with Crippen molar-refractivity contribution in [3.05, 3.63) is 0 Å². The molecule has 0 fully saturated rings. The van der Waals surface area contributed by atoms with E-state index in [1.807, 2.05) is 0 Å². The Bertz CT molecular complexity index is 173. The molecule has 0 amide bonds. The lowest BCUT2D eigenvalue weighted by molar-refractivity contribution is 0.995. The number of nitrogens with two attached hydrogens (primary N) is 1. The zero-order chi connectivity index (χ0) is 8.15. The van der Waals surface area contributed by atoms with Gasteiger partial charge in [0.25, 0.3) is 5.96 Å². The van der Waals surface area contributed by atoms with E-state index in [4.69, 9.17) is 40.1 Å². The minimum absolute atomic E-state index is 0.395. The molecule has 56 valence electrons. The third kappa shape index (κ3) is 4.04. The lowest BCUT2D eigenvalue weighted by Crippen LogP contribution is -2.09. The molecule has 10 heavy (non-hydrogen) atoms. The molecule has 0 aromatic heterocycles. The fraction of sp³-hybridized carbons (Fsp3) is 0. The average Bonchev–Trinajstić information content (AvgIpc) is 1.82. The number of nitrogens with zero attached hydrogens (tertiary/aromatic N) is 3. The second kappa shape index (κ2) is 4.02. The molecule has 4 N–H and O–H groups in total. The van der Waals surface area contributed by atoms with Gasteiger partial charge in [0.15, 0.2) is 0 Å². The van der Waals surface area contributed by atoms with Crippen molar-refractivity contribution >= 4 is 35.5 Å². The minimum Gasteiger partial charge on any atom is -0.367 e. The second-order valence-electron chi connectivity index (χ2n) is 1.14. The van der Waals surface area contributed by atoms with Gasteiger partial charge in [-0.25, -0.2) is 0 Å². The van der Waals surface area contributed by atoms with Crippen LogP contribution in [-0.2, 0) is 0 Å². The summed E-state index contributed by atoms with van der Waals surface area (Å²) >= 11 is 10.0. The van der Waals surface area contributed by atoms with E-state index < -0.39 is 11.9 Å². The van der Waals surface area contributed by atoms with Gasteiger partial charge in [0, 0.05) is 23.6 Å². The quantitative estimate of drug-likeness (QED) is 0.224. The van der Waals surface area contributed by atoms with E-state index in [2.05, 4.69) is 10.2 Å². The SMILES string of the molecule is N=C(N)N=NC(=N)N(Cl)Cl. The highest BCUT2D eigenvalue weighted by Crippen LogP contribution is 2.00. The van der Waals surface area contributed by atoms with Crippen LogP contribution >= 0.6 is 23.6 Å². The van der Waals surface area contributed by atoms with Crippen molar-refractivity contribution in [1.82, 2.24) is 3.94 Å². The number of hydrogen-bond donors (Lipinski definition) is 3. The lowest BCUT2D eigenvalue weighted by atomic mass is 11.1. The number of guanidine groups is 2. The van der Waals surface area contributed by atoms with E-state index in [1.54, 1.807) is 0 Å². The van der Waals surface area contributed by atoms with Crippen LogP contribution in [0.1, 0.15) is 0 Å². The highest BCUT2D eigenvalue weighted by atomic mass is 35.5. The van der Waals surface area contributed by atoms with Crippen molar-refractivity contribution in [3.8, 4) is 0 Å². The van der Waals surface area contributed by atoms with E-state index in [0.29, 0.717) is 3.94 Å². The first kappa shape index (κ1) is 9.12. The Balaban J connectivity index is 3.90. The van der Waals surface area contributed by atoms with E-state index in [9.17, 15) is 0 Å². The molecule has 0 spiro atoms. The summed E-state index contributed by atoms with van der Waals surface area (Å²) in [5.41, 5.74) is 4.76. The van der Waals surface area contributed by atoms with Crippen molar-refractivity contribution in [3.63, 3.8) is 0 Å². The van der Waals surface area contributed by atoms with Crippen LogP contribution in [0.15, 0.2) is 10.2 Å². The summed E-state index contributed by atoms with van der Waals surface area (Å²) in [7, 11) is 0. The third-order valence-corrected chi connectivity index (χ3v) is 0.733. The molecule has 6 nitrogen and oxygen atoms in total. The van der Waals surface area contributed by atoms with Crippen LogP contribution in [0.5, 0.6) is 0 Å². The van der Waals surface area contributed by atoms with Crippen molar-refractivity contribution in [1.29, 1.82) is 10.8 Å². The molecule has 0 rings (SSSR count). The maximum atomic E-state index is 6.79. The first-order chi connectivity index (χ1) is 4.54. The Morgan fingerprint density at radius 3 is 2.10 bits per heavy atom. The number of rotatable bonds is 0. The van der Waals surface area contributed by atoms with E-state index >= 15 is 0 Å². The highest BCUT2D eigenvalue weighted by molar-refractivity contribution is 6.41. The monoisotopic (exact) mass is 182 g/mol. The molecule has 0 aromatic rings. The number of nitrogens with one attached hydrogen (secondary N) is 2. The molecule has 8 heteroatoms. The predicted molar refractivity (Wildman–Crippen MR) is 38.0 cm³/mol. The summed E-state index contributed by atoms with van der Waals surface area (Å²) in [6.07, 6.45) is 0. The lowest BCUT2D eigenvalue weighted by Gasteiger charge is -1.97. The smallest absolute Gasteiger partial charge is 0.268 e. The molecule has 0 heterocycles. The Morgan fingerprint density at radius 2 is 1.80 bits per heavy atom. The molecule has 0 aliphatic carbocycles. The molecule has 0 saturated carbocycles. The fourth-order valence-electron chi connectivity index (χ4n) is 0.135. The van der Waals surface area contributed by atoms with Gasteiger partial charge < -0.3 is 5.73 Å². The topological polar surface area (TPSA) is 102 Å². The van der Waals surface area contributed by atoms with Crippen LogP contribution in [0, 0.1) is 10.8 Å². The van der Waals surface area contributed by atoms with E-state index in [1.165, 1.54) is 0 Å². The number of hydrogen-bond acceptors (Lipinski definition) is 2. The average molecular weight is 183 g/mol. The molecular formula is C2H4Cl2N6. The van der Waals surface area contributed by atoms with Gasteiger partial charge in [0.1, 0.15) is 0 Å². The van der Waals surface area contributed by atoms with Gasteiger partial charge in [-0.2, -0.15) is 3.94 Å². The van der Waals surface area contributed by atoms with Gasteiger partial charge >= 0.3 is 0 Å². The van der Waals surface area contributed by atoms with Crippen molar-refractivity contribution in [2.24, 2.45) is 16.0 Å². The summed E-state index contributed by atoms with van der Waals surface area (Å²) in [5, 5.41) is 19.4. The summed E-state index contributed by atoms with van der Waals surface area (Å²) in [5.74, 6) is -1.02. The van der Waals surface area contributed by atoms with Crippen LogP contribution in [0.25, 0.3) is 0 Å². The van der Waals surface area contributed by atoms with Gasteiger partial charge in [-0.1, -0.05) is 0 Å². The van der Waals surface area contributed by atoms with Crippen LogP contribution in [-0.4, -0.2) is 15.9 Å². The maximum absolute atomic E-state index is 6.79. The van der Waals surface area contributed by atoms with E-state index in [0.717, 1.165) is 0 Å². The van der Waals surface area contributed by atoms with Crippen LogP contribution in [0.4, 0.5) is 0 Å². The molecule has 0 saturated heterocycles. The van der Waals surface area contributed by atoms with Gasteiger partial charge in [-0.15, -0.1) is 10.2 Å². The number of azo groups is 1. The minimum atomic E-state index is -0.514. The standard InChI is InChI=1S/C2H4Cl2N6/c3-10(4)2(7)9-8-1(5)6/h7H,(H3,5,6). The molecule has 0 bridgehead atoms. The molecule has 0 aromatic carbocycles. The summed E-state index contributed by atoms with van der Waals surface area (Å²) in [6, 6.07) is 0.